The van der Waals surface area contributed by atoms with Crippen LogP contribution in [0.15, 0.2) is 59.9 Å². The number of anilines is 2. The summed E-state index contributed by atoms with van der Waals surface area (Å²) in [6.07, 6.45) is 3.51. The first-order valence-corrected chi connectivity index (χ1v) is 11.6. The highest BCUT2D eigenvalue weighted by Crippen LogP contribution is 2.28. The Labute approximate surface area is 188 Å². The molecular formula is C22H27N5O4S. The number of hydrogen-bond donors (Lipinski definition) is 2. The van der Waals surface area contributed by atoms with Gasteiger partial charge in [-0.2, -0.15) is 0 Å². The Morgan fingerprint density at radius 3 is 2.31 bits per heavy atom. The largest absolute Gasteiger partial charge is 0.494 e. The molecule has 3 rings (SSSR count). The predicted molar refractivity (Wildman–Crippen MR) is 124 cm³/mol. The minimum absolute atomic E-state index is 0.0756. The molecule has 0 aliphatic rings. The van der Waals surface area contributed by atoms with E-state index in [-0.39, 0.29) is 10.9 Å². The second-order valence-electron chi connectivity index (χ2n) is 7.04. The molecule has 0 saturated heterocycles. The average Bonchev–Trinajstić information content (AvgIpc) is 3.20. The van der Waals surface area contributed by atoms with Crippen molar-refractivity contribution >= 4 is 27.4 Å². The van der Waals surface area contributed by atoms with Crippen LogP contribution in [-0.4, -0.2) is 49.1 Å². The molecule has 1 heterocycles. The fourth-order valence-corrected chi connectivity index (χ4v) is 4.20. The first kappa shape index (κ1) is 23.1. The highest BCUT2D eigenvalue weighted by molar-refractivity contribution is 7.92. The van der Waals surface area contributed by atoms with E-state index < -0.39 is 10.0 Å². The Balaban J connectivity index is 1.76. The van der Waals surface area contributed by atoms with Crippen molar-refractivity contribution in [3.05, 3.63) is 60.7 Å². The van der Waals surface area contributed by atoms with Crippen LogP contribution in [0.25, 0.3) is 5.69 Å². The number of urea groups is 1. The maximum atomic E-state index is 12.8. The number of aromatic nitrogens is 2. The quantitative estimate of drug-likeness (QED) is 0.534. The summed E-state index contributed by atoms with van der Waals surface area (Å²) < 4.78 is 35.5. The van der Waals surface area contributed by atoms with Crippen molar-refractivity contribution in [2.45, 2.75) is 25.7 Å². The third-order valence-corrected chi connectivity index (χ3v) is 6.29. The molecule has 0 saturated carbocycles. The van der Waals surface area contributed by atoms with Crippen molar-refractivity contribution in [1.82, 2.24) is 14.5 Å². The number of aryl methyl sites for hydroxylation is 1. The van der Waals surface area contributed by atoms with Gasteiger partial charge in [0.15, 0.2) is 0 Å². The van der Waals surface area contributed by atoms with Crippen molar-refractivity contribution in [2.24, 2.45) is 0 Å². The van der Waals surface area contributed by atoms with E-state index >= 15 is 0 Å². The van der Waals surface area contributed by atoms with Crippen molar-refractivity contribution in [3.8, 4) is 11.4 Å². The zero-order valence-electron chi connectivity index (χ0n) is 18.5. The predicted octanol–water partition coefficient (Wildman–Crippen LogP) is 3.86. The van der Waals surface area contributed by atoms with Gasteiger partial charge < -0.3 is 19.5 Å². The van der Waals surface area contributed by atoms with E-state index in [2.05, 4.69) is 15.0 Å². The van der Waals surface area contributed by atoms with Crippen LogP contribution in [0.2, 0.25) is 0 Å². The van der Waals surface area contributed by atoms with Gasteiger partial charge in [0, 0.05) is 31.0 Å². The smallest absolute Gasteiger partial charge is 0.321 e. The maximum Gasteiger partial charge on any atom is 0.321 e. The Bertz CT molecular complexity index is 1190. The van der Waals surface area contributed by atoms with Crippen LogP contribution in [0.1, 0.15) is 19.5 Å². The lowest BCUT2D eigenvalue weighted by atomic mass is 10.2. The van der Waals surface area contributed by atoms with E-state index in [0.717, 1.165) is 11.4 Å². The van der Waals surface area contributed by atoms with Gasteiger partial charge in [-0.05, 0) is 57.2 Å². The molecule has 0 unspecified atom stereocenters. The van der Waals surface area contributed by atoms with E-state index in [1.165, 1.54) is 19.2 Å². The minimum Gasteiger partial charge on any atom is -0.494 e. The van der Waals surface area contributed by atoms with Gasteiger partial charge in [-0.1, -0.05) is 0 Å². The molecule has 0 atom stereocenters. The SMILES string of the molecule is CCN(CC)C(=O)Nc1ccc(S(=O)(=O)Nc2ccc(-n3cnc(C)c3)c(OC)c2)cc1. The van der Waals surface area contributed by atoms with Crippen LogP contribution in [0.3, 0.4) is 0 Å². The van der Waals surface area contributed by atoms with Gasteiger partial charge in [0.2, 0.25) is 0 Å². The number of nitrogens with one attached hydrogen (secondary N) is 2. The molecule has 0 aliphatic heterocycles. The molecule has 0 fully saturated rings. The summed E-state index contributed by atoms with van der Waals surface area (Å²) in [7, 11) is -2.31. The van der Waals surface area contributed by atoms with Crippen LogP contribution < -0.4 is 14.8 Å². The van der Waals surface area contributed by atoms with Gasteiger partial charge in [0.1, 0.15) is 5.75 Å². The Hall–Kier alpha value is -3.53. The third kappa shape index (κ3) is 5.20. The summed E-state index contributed by atoms with van der Waals surface area (Å²) in [6.45, 7) is 6.83. The minimum atomic E-state index is -3.83. The van der Waals surface area contributed by atoms with Crippen LogP contribution in [0.4, 0.5) is 16.2 Å². The van der Waals surface area contributed by atoms with E-state index in [0.29, 0.717) is 30.2 Å². The molecule has 2 amide bonds. The number of sulfonamides is 1. The van der Waals surface area contributed by atoms with E-state index in [1.807, 2.05) is 27.0 Å². The molecule has 0 aliphatic carbocycles. The fourth-order valence-electron chi connectivity index (χ4n) is 3.15. The van der Waals surface area contributed by atoms with Gasteiger partial charge in [-0.3, -0.25) is 4.72 Å². The number of benzene rings is 2. The lowest BCUT2D eigenvalue weighted by molar-refractivity contribution is 0.217. The summed E-state index contributed by atoms with van der Waals surface area (Å²) in [5.74, 6) is 0.497. The number of ether oxygens (including phenoxy) is 1. The summed E-state index contributed by atoms with van der Waals surface area (Å²) in [6, 6.07) is 10.8. The summed E-state index contributed by atoms with van der Waals surface area (Å²) in [4.78, 5) is 18.1. The van der Waals surface area contributed by atoms with Gasteiger partial charge >= 0.3 is 6.03 Å². The second kappa shape index (κ2) is 9.73. The molecule has 2 aromatic carbocycles. The van der Waals surface area contributed by atoms with Crippen LogP contribution in [-0.2, 0) is 10.0 Å². The number of imidazole rings is 1. The number of methoxy groups -OCH3 is 1. The molecule has 0 bridgehead atoms. The van der Waals surface area contributed by atoms with Crippen LogP contribution >= 0.6 is 0 Å². The molecule has 32 heavy (non-hydrogen) atoms. The van der Waals surface area contributed by atoms with Gasteiger partial charge in [-0.25, -0.2) is 18.2 Å². The van der Waals surface area contributed by atoms with Gasteiger partial charge in [0.25, 0.3) is 10.0 Å². The first-order valence-electron chi connectivity index (χ1n) is 10.1. The summed E-state index contributed by atoms with van der Waals surface area (Å²) in [5, 5.41) is 2.76. The van der Waals surface area contributed by atoms with Crippen molar-refractivity contribution < 1.29 is 17.9 Å². The monoisotopic (exact) mass is 457 g/mol. The molecule has 2 N–H and O–H groups in total. The Morgan fingerprint density at radius 1 is 1.09 bits per heavy atom. The van der Waals surface area contributed by atoms with Crippen LogP contribution in [0, 0.1) is 6.92 Å². The van der Waals surface area contributed by atoms with E-state index in [4.69, 9.17) is 4.74 Å². The van der Waals surface area contributed by atoms with Crippen molar-refractivity contribution in [2.75, 3.05) is 30.2 Å². The average molecular weight is 458 g/mol. The molecule has 170 valence electrons. The molecule has 9 nitrogen and oxygen atoms in total. The normalized spacial score (nSPS) is 11.1. The topological polar surface area (TPSA) is 106 Å². The number of amides is 2. The molecule has 0 spiro atoms. The molecule has 3 aromatic rings. The second-order valence-corrected chi connectivity index (χ2v) is 8.72. The fraction of sp³-hybridized carbons (Fsp3) is 0.273. The maximum absolute atomic E-state index is 12.8. The van der Waals surface area contributed by atoms with Crippen molar-refractivity contribution in [1.29, 1.82) is 0 Å². The number of hydrogen-bond acceptors (Lipinski definition) is 5. The van der Waals surface area contributed by atoms with Gasteiger partial charge in [-0.15, -0.1) is 0 Å². The number of carbonyl (C=O) groups is 1. The molecule has 0 radical (unpaired) electrons. The third-order valence-electron chi connectivity index (χ3n) is 4.89. The number of nitrogens with zero attached hydrogens (tertiary/aromatic N) is 3. The van der Waals surface area contributed by atoms with E-state index in [9.17, 15) is 13.2 Å². The zero-order valence-corrected chi connectivity index (χ0v) is 19.3. The highest BCUT2D eigenvalue weighted by atomic mass is 32.2. The zero-order chi connectivity index (χ0) is 23.3. The standard InChI is InChI=1S/C22H27N5O4S/c1-5-26(6-2)22(28)24-17-7-10-19(11-8-17)32(29,30)25-18-9-12-20(21(13-18)31-4)27-14-16(3)23-15-27/h7-15,25H,5-6H2,1-4H3,(H,24,28). The highest BCUT2D eigenvalue weighted by Gasteiger charge is 2.17. The summed E-state index contributed by atoms with van der Waals surface area (Å²) in [5.41, 5.74) is 2.47. The number of carbonyl (C=O) groups excluding carboxylic acids is 1. The van der Waals surface area contributed by atoms with Crippen molar-refractivity contribution in [3.63, 3.8) is 0 Å². The van der Waals surface area contributed by atoms with Gasteiger partial charge in [0.05, 0.1) is 35.4 Å². The van der Waals surface area contributed by atoms with Crippen LogP contribution in [0.5, 0.6) is 5.75 Å². The molecule has 10 heteroatoms. The first-order chi connectivity index (χ1) is 15.3. The van der Waals surface area contributed by atoms with E-state index in [1.54, 1.807) is 46.1 Å². The lowest BCUT2D eigenvalue weighted by Crippen LogP contribution is -2.34. The Morgan fingerprint density at radius 2 is 1.75 bits per heavy atom. The summed E-state index contributed by atoms with van der Waals surface area (Å²) >= 11 is 0. The Kier molecular flexibility index (Phi) is 7.04. The lowest BCUT2D eigenvalue weighted by Gasteiger charge is -2.19. The molecule has 1 aromatic heterocycles. The number of rotatable bonds is 8. The molecular weight excluding hydrogens is 430 g/mol.